The molecule has 1 aliphatic heterocycles. The first-order chi connectivity index (χ1) is 12.5. The molecule has 2 aromatic rings. The SMILES string of the molecule is CC1=NC2(ON1C)c1cc(Cl)ccc1CC21CCc2ccccc2CC1. The number of amidine groups is 1. The highest BCUT2D eigenvalue weighted by molar-refractivity contribution is 6.30. The fourth-order valence-electron chi connectivity index (χ4n) is 5.13. The molecule has 0 fully saturated rings. The molecular formula is C22H23ClN2O. The summed E-state index contributed by atoms with van der Waals surface area (Å²) >= 11 is 6.37. The first-order valence-corrected chi connectivity index (χ1v) is 9.76. The standard InChI is InChI=1S/C22H23ClN2O/c1-15-24-22(26-25(15)2)20-13-19(23)8-7-18(20)14-21(22)11-9-16-5-3-4-6-17(16)10-12-21/h3-8,13H,9-12,14H2,1-2H3. The molecule has 0 amide bonds. The van der Waals surface area contributed by atoms with Crippen LogP contribution in [-0.4, -0.2) is 17.9 Å². The van der Waals surface area contributed by atoms with Gasteiger partial charge < -0.3 is 0 Å². The molecule has 0 aromatic heterocycles. The Morgan fingerprint density at radius 3 is 2.35 bits per heavy atom. The molecule has 0 saturated heterocycles. The Balaban J connectivity index is 1.66. The molecule has 134 valence electrons. The summed E-state index contributed by atoms with van der Waals surface area (Å²) in [4.78, 5) is 11.6. The minimum atomic E-state index is -0.645. The van der Waals surface area contributed by atoms with E-state index in [9.17, 15) is 0 Å². The number of rotatable bonds is 0. The van der Waals surface area contributed by atoms with E-state index >= 15 is 0 Å². The van der Waals surface area contributed by atoms with Crippen LogP contribution in [0.5, 0.6) is 0 Å². The highest BCUT2D eigenvalue weighted by atomic mass is 35.5. The number of hydroxylamine groups is 2. The lowest BCUT2D eigenvalue weighted by Gasteiger charge is -2.40. The van der Waals surface area contributed by atoms with Crippen LogP contribution in [-0.2, 0) is 29.8 Å². The molecule has 1 atom stereocenters. The number of nitrogens with zero attached hydrogens (tertiary/aromatic N) is 2. The third-order valence-corrected chi connectivity index (χ3v) is 6.83. The monoisotopic (exact) mass is 366 g/mol. The number of aryl methyl sites for hydroxylation is 2. The van der Waals surface area contributed by atoms with Crippen LogP contribution >= 0.6 is 11.6 Å². The van der Waals surface area contributed by atoms with Gasteiger partial charge in [-0.1, -0.05) is 41.9 Å². The Bertz CT molecular complexity index is 895. The Kier molecular flexibility index (Phi) is 3.51. The van der Waals surface area contributed by atoms with Gasteiger partial charge in [-0.2, -0.15) is 0 Å². The van der Waals surface area contributed by atoms with Gasteiger partial charge in [0, 0.05) is 23.0 Å². The summed E-state index contributed by atoms with van der Waals surface area (Å²) in [6, 6.07) is 15.1. The van der Waals surface area contributed by atoms with Crippen molar-refractivity contribution in [3.05, 3.63) is 69.7 Å². The van der Waals surface area contributed by atoms with Gasteiger partial charge in [0.1, 0.15) is 5.84 Å². The molecular weight excluding hydrogens is 344 g/mol. The fourth-order valence-corrected chi connectivity index (χ4v) is 5.30. The van der Waals surface area contributed by atoms with Gasteiger partial charge in [0.05, 0.1) is 0 Å². The predicted molar refractivity (Wildman–Crippen MR) is 104 cm³/mol. The van der Waals surface area contributed by atoms with Crippen molar-refractivity contribution >= 4 is 17.4 Å². The van der Waals surface area contributed by atoms with E-state index in [2.05, 4.69) is 36.4 Å². The third-order valence-electron chi connectivity index (χ3n) is 6.59. The highest BCUT2D eigenvalue weighted by Crippen LogP contribution is 2.61. The number of halogens is 1. The Morgan fingerprint density at radius 2 is 1.73 bits per heavy atom. The molecule has 0 saturated carbocycles. The van der Waals surface area contributed by atoms with Crippen molar-refractivity contribution in [2.45, 2.75) is 44.8 Å². The summed E-state index contributed by atoms with van der Waals surface area (Å²) < 4.78 is 0. The molecule has 26 heavy (non-hydrogen) atoms. The first kappa shape index (κ1) is 16.3. The molecule has 0 N–H and O–H groups in total. The quantitative estimate of drug-likeness (QED) is 0.661. The smallest absolute Gasteiger partial charge is 0.218 e. The minimum absolute atomic E-state index is 0.0367. The van der Waals surface area contributed by atoms with E-state index in [-0.39, 0.29) is 5.41 Å². The normalized spacial score (nSPS) is 26.0. The molecule has 1 unspecified atom stereocenters. The van der Waals surface area contributed by atoms with Crippen LogP contribution in [0.3, 0.4) is 0 Å². The van der Waals surface area contributed by atoms with Crippen LogP contribution in [0.4, 0.5) is 0 Å². The van der Waals surface area contributed by atoms with Gasteiger partial charge in [0.25, 0.3) is 0 Å². The molecule has 3 nitrogen and oxygen atoms in total. The van der Waals surface area contributed by atoms with E-state index in [0.717, 1.165) is 48.5 Å². The Hall–Kier alpha value is -1.84. The van der Waals surface area contributed by atoms with E-state index in [4.69, 9.17) is 21.4 Å². The van der Waals surface area contributed by atoms with E-state index in [1.807, 2.05) is 25.1 Å². The molecule has 4 heteroatoms. The predicted octanol–water partition coefficient (Wildman–Crippen LogP) is 4.91. The van der Waals surface area contributed by atoms with Crippen LogP contribution in [0.1, 0.15) is 42.0 Å². The average Bonchev–Trinajstić information content (AvgIpc) is 2.98. The van der Waals surface area contributed by atoms with Crippen molar-refractivity contribution in [2.75, 3.05) is 7.05 Å². The molecule has 0 bridgehead atoms. The molecule has 5 rings (SSSR count). The lowest BCUT2D eigenvalue weighted by Crippen LogP contribution is -2.43. The second-order valence-corrected chi connectivity index (χ2v) is 8.36. The zero-order valence-corrected chi connectivity index (χ0v) is 16.0. The molecule has 2 spiro atoms. The zero-order valence-electron chi connectivity index (χ0n) is 15.3. The maximum absolute atomic E-state index is 6.52. The van der Waals surface area contributed by atoms with Gasteiger partial charge in [-0.25, -0.2) is 14.9 Å². The average molecular weight is 367 g/mol. The minimum Gasteiger partial charge on any atom is -0.240 e. The van der Waals surface area contributed by atoms with Crippen molar-refractivity contribution in [2.24, 2.45) is 10.4 Å². The van der Waals surface area contributed by atoms with Crippen LogP contribution in [0.2, 0.25) is 5.02 Å². The largest absolute Gasteiger partial charge is 0.240 e. The summed E-state index contributed by atoms with van der Waals surface area (Å²) in [5.74, 6) is 0.930. The van der Waals surface area contributed by atoms with E-state index < -0.39 is 5.72 Å². The van der Waals surface area contributed by atoms with Crippen molar-refractivity contribution in [1.29, 1.82) is 0 Å². The summed E-state index contributed by atoms with van der Waals surface area (Å²) in [6.07, 6.45) is 5.28. The van der Waals surface area contributed by atoms with Gasteiger partial charge in [-0.05, 0) is 67.9 Å². The van der Waals surface area contributed by atoms with Crippen molar-refractivity contribution in [3.63, 3.8) is 0 Å². The fraction of sp³-hybridized carbons (Fsp3) is 0.409. The Labute approximate surface area is 159 Å². The maximum Gasteiger partial charge on any atom is 0.218 e. The van der Waals surface area contributed by atoms with Gasteiger partial charge in [-0.3, -0.25) is 0 Å². The van der Waals surface area contributed by atoms with Crippen LogP contribution in [0.25, 0.3) is 0 Å². The third kappa shape index (κ3) is 2.14. The van der Waals surface area contributed by atoms with Crippen molar-refractivity contribution in [3.8, 4) is 0 Å². The number of hydrogen-bond acceptors (Lipinski definition) is 3. The van der Waals surface area contributed by atoms with Gasteiger partial charge in [0.15, 0.2) is 0 Å². The van der Waals surface area contributed by atoms with Crippen molar-refractivity contribution in [1.82, 2.24) is 5.06 Å². The van der Waals surface area contributed by atoms with E-state index in [1.165, 1.54) is 16.7 Å². The topological polar surface area (TPSA) is 24.8 Å². The molecule has 3 aliphatic rings. The molecule has 2 aromatic carbocycles. The van der Waals surface area contributed by atoms with Crippen LogP contribution in [0, 0.1) is 5.41 Å². The lowest BCUT2D eigenvalue weighted by atomic mass is 9.71. The number of benzene rings is 2. The first-order valence-electron chi connectivity index (χ1n) is 9.38. The summed E-state index contributed by atoms with van der Waals surface area (Å²) in [7, 11) is 1.95. The Morgan fingerprint density at radius 1 is 1.04 bits per heavy atom. The van der Waals surface area contributed by atoms with Gasteiger partial charge >= 0.3 is 0 Å². The number of hydrogen-bond donors (Lipinski definition) is 0. The molecule has 2 aliphatic carbocycles. The highest BCUT2D eigenvalue weighted by Gasteiger charge is 2.62. The molecule has 0 radical (unpaired) electrons. The second-order valence-electron chi connectivity index (χ2n) is 7.92. The van der Waals surface area contributed by atoms with Gasteiger partial charge in [-0.15, -0.1) is 0 Å². The van der Waals surface area contributed by atoms with Crippen molar-refractivity contribution < 1.29 is 4.84 Å². The molecule has 1 heterocycles. The zero-order chi connectivity index (χ0) is 17.9. The van der Waals surface area contributed by atoms with E-state index in [1.54, 1.807) is 0 Å². The van der Waals surface area contributed by atoms with Gasteiger partial charge in [0.2, 0.25) is 5.72 Å². The lowest BCUT2D eigenvalue weighted by molar-refractivity contribution is -0.224. The summed E-state index contributed by atoms with van der Waals surface area (Å²) in [6.45, 7) is 2.02. The summed E-state index contributed by atoms with van der Waals surface area (Å²) in [5, 5.41) is 2.58. The van der Waals surface area contributed by atoms with Crippen LogP contribution in [0.15, 0.2) is 47.5 Å². The van der Waals surface area contributed by atoms with E-state index in [0.29, 0.717) is 0 Å². The maximum atomic E-state index is 6.52. The summed E-state index contributed by atoms with van der Waals surface area (Å²) in [5.41, 5.74) is 4.74. The number of fused-ring (bicyclic) bond motifs is 4. The second kappa shape index (κ2) is 5.58. The van der Waals surface area contributed by atoms with Crippen LogP contribution < -0.4 is 0 Å². The number of aliphatic imine (C=N–C) groups is 1.